The Balaban J connectivity index is 2.05. The van der Waals surface area contributed by atoms with Crippen LogP contribution in [-0.2, 0) is 16.1 Å². The highest BCUT2D eigenvalue weighted by Gasteiger charge is 2.31. The minimum absolute atomic E-state index is 0.0232. The van der Waals surface area contributed by atoms with Crippen LogP contribution in [0.1, 0.15) is 29.3 Å². The number of rotatable bonds is 3. The molecule has 6 heteroatoms. The summed E-state index contributed by atoms with van der Waals surface area (Å²) in [6, 6.07) is 0. The van der Waals surface area contributed by atoms with Crippen molar-refractivity contribution in [2.45, 2.75) is 26.1 Å². The van der Waals surface area contributed by atoms with Crippen LogP contribution in [0.15, 0.2) is 5.38 Å². The summed E-state index contributed by atoms with van der Waals surface area (Å²) < 4.78 is 10.6. The van der Waals surface area contributed by atoms with Crippen molar-refractivity contribution in [2.24, 2.45) is 0 Å². The number of amides is 1. The van der Waals surface area contributed by atoms with E-state index in [-0.39, 0.29) is 11.5 Å². The minimum Gasteiger partial charge on any atom is -0.378 e. The van der Waals surface area contributed by atoms with Crippen LogP contribution in [0.3, 0.4) is 0 Å². The zero-order valence-electron chi connectivity index (χ0n) is 10.9. The van der Waals surface area contributed by atoms with Crippen molar-refractivity contribution < 1.29 is 14.3 Å². The molecular weight excluding hydrogens is 252 g/mol. The number of thiazole rings is 1. The van der Waals surface area contributed by atoms with Gasteiger partial charge < -0.3 is 14.4 Å². The second kappa shape index (κ2) is 5.34. The summed E-state index contributed by atoms with van der Waals surface area (Å²) in [5.41, 5.74) is 0.226. The molecule has 0 unspecified atom stereocenters. The first-order valence-electron chi connectivity index (χ1n) is 5.88. The Bertz CT molecular complexity index is 431. The standard InChI is InChI=1S/C12H18N2O3S/c1-12(2)8-14(4-5-17-12)11(15)9-7-18-10(13-9)6-16-3/h7H,4-6,8H2,1-3H3. The molecule has 1 aromatic heterocycles. The van der Waals surface area contributed by atoms with E-state index >= 15 is 0 Å². The van der Waals surface area contributed by atoms with Gasteiger partial charge in [-0.1, -0.05) is 0 Å². The molecule has 5 nitrogen and oxygen atoms in total. The number of hydrogen-bond acceptors (Lipinski definition) is 5. The van der Waals surface area contributed by atoms with Crippen molar-refractivity contribution in [1.29, 1.82) is 0 Å². The minimum atomic E-state index is -0.278. The van der Waals surface area contributed by atoms with Gasteiger partial charge in [-0.25, -0.2) is 4.98 Å². The highest BCUT2D eigenvalue weighted by molar-refractivity contribution is 7.09. The Kier molecular flexibility index (Phi) is 3.99. The number of methoxy groups -OCH3 is 1. The lowest BCUT2D eigenvalue weighted by Gasteiger charge is -2.37. The SMILES string of the molecule is COCc1nc(C(=O)N2CCOC(C)(C)C2)cs1. The lowest BCUT2D eigenvalue weighted by molar-refractivity contribution is -0.0764. The van der Waals surface area contributed by atoms with E-state index in [0.717, 1.165) is 5.01 Å². The van der Waals surface area contributed by atoms with Gasteiger partial charge in [0.25, 0.3) is 5.91 Å². The molecule has 0 aliphatic carbocycles. The van der Waals surface area contributed by atoms with E-state index in [9.17, 15) is 4.79 Å². The summed E-state index contributed by atoms with van der Waals surface area (Å²) >= 11 is 1.45. The molecular formula is C12H18N2O3S. The van der Waals surface area contributed by atoms with Crippen molar-refractivity contribution in [1.82, 2.24) is 9.88 Å². The molecule has 0 N–H and O–H groups in total. The second-order valence-corrected chi connectivity index (χ2v) is 5.84. The molecule has 1 saturated heterocycles. The number of carbonyl (C=O) groups is 1. The van der Waals surface area contributed by atoms with Crippen LogP contribution in [0.25, 0.3) is 0 Å². The Labute approximate surface area is 111 Å². The van der Waals surface area contributed by atoms with Crippen LogP contribution < -0.4 is 0 Å². The molecule has 18 heavy (non-hydrogen) atoms. The van der Waals surface area contributed by atoms with Gasteiger partial charge in [0.15, 0.2) is 0 Å². The predicted molar refractivity (Wildman–Crippen MR) is 68.8 cm³/mol. The normalized spacial score (nSPS) is 18.9. The molecule has 100 valence electrons. The monoisotopic (exact) mass is 270 g/mol. The zero-order chi connectivity index (χ0) is 13.2. The molecule has 1 amide bonds. The van der Waals surface area contributed by atoms with Crippen molar-refractivity contribution in [3.8, 4) is 0 Å². The molecule has 1 fully saturated rings. The number of ether oxygens (including phenoxy) is 2. The second-order valence-electron chi connectivity index (χ2n) is 4.89. The smallest absolute Gasteiger partial charge is 0.273 e. The fraction of sp³-hybridized carbons (Fsp3) is 0.667. The highest BCUT2D eigenvalue weighted by Crippen LogP contribution is 2.19. The maximum Gasteiger partial charge on any atom is 0.273 e. The number of carbonyl (C=O) groups excluding carboxylic acids is 1. The molecule has 2 heterocycles. The molecule has 1 aliphatic heterocycles. The van der Waals surface area contributed by atoms with Crippen molar-refractivity contribution in [3.63, 3.8) is 0 Å². The fourth-order valence-corrected chi connectivity index (χ4v) is 2.69. The Morgan fingerprint density at radius 3 is 3.11 bits per heavy atom. The topological polar surface area (TPSA) is 51.7 Å². The highest BCUT2D eigenvalue weighted by atomic mass is 32.1. The predicted octanol–water partition coefficient (Wildman–Crippen LogP) is 1.54. The fourth-order valence-electron chi connectivity index (χ4n) is 1.95. The van der Waals surface area contributed by atoms with E-state index in [1.807, 2.05) is 13.8 Å². The maximum absolute atomic E-state index is 12.3. The van der Waals surface area contributed by atoms with Gasteiger partial charge in [0.2, 0.25) is 0 Å². The van der Waals surface area contributed by atoms with E-state index in [4.69, 9.17) is 9.47 Å². The Hall–Kier alpha value is -0.980. The zero-order valence-corrected chi connectivity index (χ0v) is 11.7. The third kappa shape index (κ3) is 3.07. The summed E-state index contributed by atoms with van der Waals surface area (Å²) in [7, 11) is 1.62. The van der Waals surface area contributed by atoms with E-state index in [1.54, 1.807) is 17.4 Å². The Morgan fingerprint density at radius 1 is 1.67 bits per heavy atom. The number of hydrogen-bond donors (Lipinski definition) is 0. The van der Waals surface area contributed by atoms with Gasteiger partial charge in [-0.2, -0.15) is 0 Å². The summed E-state index contributed by atoms with van der Waals surface area (Å²) in [5.74, 6) is -0.0232. The first kappa shape index (κ1) is 13.5. The lowest BCUT2D eigenvalue weighted by atomic mass is 10.1. The molecule has 0 radical (unpaired) electrons. The number of morpholine rings is 1. The van der Waals surface area contributed by atoms with Crippen LogP contribution in [-0.4, -0.2) is 48.2 Å². The summed E-state index contributed by atoms with van der Waals surface area (Å²) in [5, 5.41) is 2.62. The van der Waals surface area contributed by atoms with Gasteiger partial charge in [0.05, 0.1) is 18.8 Å². The first-order valence-corrected chi connectivity index (χ1v) is 6.76. The van der Waals surface area contributed by atoms with Gasteiger partial charge in [-0.3, -0.25) is 4.79 Å². The summed E-state index contributed by atoms with van der Waals surface area (Å²) in [6.45, 7) is 6.23. The number of nitrogens with zero attached hydrogens (tertiary/aromatic N) is 2. The van der Waals surface area contributed by atoms with Crippen molar-refractivity contribution in [3.05, 3.63) is 16.1 Å². The molecule has 0 saturated carbocycles. The van der Waals surface area contributed by atoms with Gasteiger partial charge >= 0.3 is 0 Å². The molecule has 0 aromatic carbocycles. The van der Waals surface area contributed by atoms with Crippen LogP contribution in [0, 0.1) is 0 Å². The number of aromatic nitrogens is 1. The molecule has 0 bridgehead atoms. The van der Waals surface area contributed by atoms with Crippen molar-refractivity contribution in [2.75, 3.05) is 26.8 Å². The molecule has 0 spiro atoms. The first-order chi connectivity index (χ1) is 8.52. The van der Waals surface area contributed by atoms with Crippen LogP contribution >= 0.6 is 11.3 Å². The van der Waals surface area contributed by atoms with E-state index in [1.165, 1.54) is 11.3 Å². The van der Waals surface area contributed by atoms with Crippen LogP contribution in [0.5, 0.6) is 0 Å². The van der Waals surface area contributed by atoms with Gasteiger partial charge in [-0.05, 0) is 13.8 Å². The third-order valence-electron chi connectivity index (χ3n) is 2.75. The lowest BCUT2D eigenvalue weighted by Crippen LogP contribution is -2.50. The van der Waals surface area contributed by atoms with E-state index in [0.29, 0.717) is 32.0 Å². The average molecular weight is 270 g/mol. The molecule has 1 aliphatic rings. The largest absolute Gasteiger partial charge is 0.378 e. The van der Waals surface area contributed by atoms with Crippen LogP contribution in [0.4, 0.5) is 0 Å². The third-order valence-corrected chi connectivity index (χ3v) is 3.57. The van der Waals surface area contributed by atoms with E-state index < -0.39 is 0 Å². The van der Waals surface area contributed by atoms with Crippen LogP contribution in [0.2, 0.25) is 0 Å². The molecule has 2 rings (SSSR count). The van der Waals surface area contributed by atoms with Crippen molar-refractivity contribution >= 4 is 17.2 Å². The molecule has 0 atom stereocenters. The summed E-state index contributed by atoms with van der Waals surface area (Å²) in [6.07, 6.45) is 0. The maximum atomic E-state index is 12.3. The quantitative estimate of drug-likeness (QED) is 0.836. The van der Waals surface area contributed by atoms with Gasteiger partial charge in [0.1, 0.15) is 10.7 Å². The molecule has 1 aromatic rings. The summed E-state index contributed by atoms with van der Waals surface area (Å²) in [4.78, 5) is 18.4. The average Bonchev–Trinajstić information content (AvgIpc) is 2.76. The van der Waals surface area contributed by atoms with E-state index in [2.05, 4.69) is 4.98 Å². The Morgan fingerprint density at radius 2 is 2.44 bits per heavy atom. The van der Waals surface area contributed by atoms with Gasteiger partial charge in [-0.15, -0.1) is 11.3 Å². The van der Waals surface area contributed by atoms with Gasteiger partial charge in [0, 0.05) is 25.6 Å².